The van der Waals surface area contributed by atoms with Gasteiger partial charge < -0.3 is 14.2 Å². The molecule has 6 nitrogen and oxygen atoms in total. The zero-order valence-electron chi connectivity index (χ0n) is 45.6. The van der Waals surface area contributed by atoms with Crippen LogP contribution in [0, 0.1) is 0 Å². The van der Waals surface area contributed by atoms with Crippen molar-refractivity contribution >= 4 is 17.9 Å². The fourth-order valence-corrected chi connectivity index (χ4v) is 8.29. The first-order chi connectivity index (χ1) is 34.0. The van der Waals surface area contributed by atoms with E-state index in [9.17, 15) is 14.4 Å². The van der Waals surface area contributed by atoms with E-state index in [-0.39, 0.29) is 31.1 Å². The van der Waals surface area contributed by atoms with Crippen molar-refractivity contribution in [3.8, 4) is 0 Å². The summed E-state index contributed by atoms with van der Waals surface area (Å²) in [6.07, 6.45) is 73.9. The maximum atomic E-state index is 12.7. The molecule has 0 amide bonds. The van der Waals surface area contributed by atoms with Crippen LogP contribution >= 0.6 is 0 Å². The van der Waals surface area contributed by atoms with Crippen LogP contribution < -0.4 is 0 Å². The predicted octanol–water partition coefficient (Wildman–Crippen LogP) is 19.8. The molecule has 0 heterocycles. The molecule has 6 heteroatoms. The van der Waals surface area contributed by atoms with E-state index in [1.807, 2.05) is 0 Å². The monoisotopic (exact) mass is 963 g/mol. The molecular formula is C63H110O6. The predicted molar refractivity (Wildman–Crippen MR) is 298 cm³/mol. The molecule has 0 rings (SSSR count). The van der Waals surface area contributed by atoms with Crippen LogP contribution in [-0.2, 0) is 28.6 Å². The molecular weight excluding hydrogens is 853 g/mol. The van der Waals surface area contributed by atoms with Gasteiger partial charge in [-0.3, -0.25) is 14.4 Å². The molecule has 0 radical (unpaired) electrons. The normalized spacial score (nSPS) is 12.6. The van der Waals surface area contributed by atoms with Crippen LogP contribution in [0.25, 0.3) is 0 Å². The van der Waals surface area contributed by atoms with Crippen molar-refractivity contribution in [2.75, 3.05) is 13.2 Å². The lowest BCUT2D eigenvalue weighted by atomic mass is 10.0. The molecule has 1 unspecified atom stereocenters. The number of carbonyl (C=O) groups excluding carboxylic acids is 3. The molecule has 0 saturated heterocycles. The van der Waals surface area contributed by atoms with Crippen molar-refractivity contribution < 1.29 is 28.6 Å². The number of hydrogen-bond acceptors (Lipinski definition) is 6. The topological polar surface area (TPSA) is 78.9 Å². The summed E-state index contributed by atoms with van der Waals surface area (Å²) in [5.41, 5.74) is 0. The van der Waals surface area contributed by atoms with Crippen molar-refractivity contribution in [2.24, 2.45) is 0 Å². The first kappa shape index (κ1) is 65.8. The smallest absolute Gasteiger partial charge is 0.306 e. The molecule has 0 aliphatic carbocycles. The van der Waals surface area contributed by atoms with Crippen LogP contribution in [-0.4, -0.2) is 37.2 Å². The Labute approximate surface area is 427 Å². The molecule has 1 atom stereocenters. The van der Waals surface area contributed by atoms with Crippen molar-refractivity contribution in [2.45, 2.75) is 297 Å². The fraction of sp³-hybridized carbons (Fsp3) is 0.762. The van der Waals surface area contributed by atoms with Crippen LogP contribution in [0.2, 0.25) is 0 Å². The second kappa shape index (κ2) is 57.4. The molecule has 0 aromatic rings. The molecule has 69 heavy (non-hydrogen) atoms. The zero-order chi connectivity index (χ0) is 50.0. The Morgan fingerprint density at radius 2 is 0.565 bits per heavy atom. The largest absolute Gasteiger partial charge is 0.462 e. The van der Waals surface area contributed by atoms with Gasteiger partial charge in [-0.25, -0.2) is 0 Å². The molecule has 0 N–H and O–H groups in total. The lowest BCUT2D eigenvalue weighted by molar-refractivity contribution is -0.167. The number of rotatable bonds is 53. The van der Waals surface area contributed by atoms with E-state index < -0.39 is 6.10 Å². The van der Waals surface area contributed by atoms with E-state index in [0.29, 0.717) is 19.3 Å². The Balaban J connectivity index is 3.96. The minimum Gasteiger partial charge on any atom is -0.462 e. The van der Waals surface area contributed by atoms with Gasteiger partial charge >= 0.3 is 17.9 Å². The average Bonchev–Trinajstić information content (AvgIpc) is 3.35. The fourth-order valence-electron chi connectivity index (χ4n) is 8.29. The zero-order valence-corrected chi connectivity index (χ0v) is 45.6. The summed E-state index contributed by atoms with van der Waals surface area (Å²) < 4.78 is 16.7. The second-order valence-corrected chi connectivity index (χ2v) is 19.5. The van der Waals surface area contributed by atoms with E-state index in [1.54, 1.807) is 0 Å². The molecule has 0 aliphatic heterocycles. The molecule has 0 aromatic carbocycles. The Bertz CT molecular complexity index is 1290. The Kier molecular flexibility index (Phi) is 54.8. The third-order valence-electron chi connectivity index (χ3n) is 12.7. The summed E-state index contributed by atoms with van der Waals surface area (Å²) in [6, 6.07) is 0. The average molecular weight is 964 g/mol. The highest BCUT2D eigenvalue weighted by Crippen LogP contribution is 2.16. The molecule has 0 bridgehead atoms. The lowest BCUT2D eigenvalue weighted by Crippen LogP contribution is -2.30. The van der Waals surface area contributed by atoms with Crippen LogP contribution in [0.5, 0.6) is 0 Å². The number of carbonyl (C=O) groups is 3. The summed E-state index contributed by atoms with van der Waals surface area (Å²) in [6.45, 7) is 6.42. The number of unbranched alkanes of at least 4 members (excludes halogenated alkanes) is 30. The lowest BCUT2D eigenvalue weighted by Gasteiger charge is -2.18. The summed E-state index contributed by atoms with van der Waals surface area (Å²) in [5, 5.41) is 0. The van der Waals surface area contributed by atoms with Gasteiger partial charge in [0.1, 0.15) is 13.2 Å². The molecule has 0 aliphatic rings. The van der Waals surface area contributed by atoms with Gasteiger partial charge in [-0.05, 0) is 89.9 Å². The van der Waals surface area contributed by atoms with Gasteiger partial charge in [-0.1, -0.05) is 254 Å². The Morgan fingerprint density at radius 3 is 0.913 bits per heavy atom. The van der Waals surface area contributed by atoms with Crippen molar-refractivity contribution in [3.05, 3.63) is 72.9 Å². The minimum absolute atomic E-state index is 0.0782. The molecule has 398 valence electrons. The molecule has 0 fully saturated rings. The van der Waals surface area contributed by atoms with Crippen LogP contribution in [0.15, 0.2) is 72.9 Å². The number of ether oxygens (including phenoxy) is 3. The van der Waals surface area contributed by atoms with Gasteiger partial charge in [0.2, 0.25) is 0 Å². The van der Waals surface area contributed by atoms with E-state index in [2.05, 4.69) is 93.7 Å². The van der Waals surface area contributed by atoms with Gasteiger partial charge in [-0.15, -0.1) is 0 Å². The van der Waals surface area contributed by atoms with Crippen molar-refractivity contribution in [1.29, 1.82) is 0 Å². The van der Waals surface area contributed by atoms with Gasteiger partial charge in [0.15, 0.2) is 6.10 Å². The summed E-state index contributed by atoms with van der Waals surface area (Å²) in [5.74, 6) is -0.898. The highest BCUT2D eigenvalue weighted by atomic mass is 16.6. The first-order valence-electron chi connectivity index (χ1n) is 29.4. The summed E-state index contributed by atoms with van der Waals surface area (Å²) >= 11 is 0. The quantitative estimate of drug-likeness (QED) is 0.0262. The molecule has 0 saturated carbocycles. The van der Waals surface area contributed by atoms with Gasteiger partial charge in [0, 0.05) is 19.3 Å². The maximum absolute atomic E-state index is 12.7. The number of hydrogen-bond donors (Lipinski definition) is 0. The Morgan fingerprint density at radius 1 is 0.304 bits per heavy atom. The number of allylic oxidation sites excluding steroid dienone is 12. The van der Waals surface area contributed by atoms with E-state index in [4.69, 9.17) is 14.2 Å². The van der Waals surface area contributed by atoms with E-state index in [1.165, 1.54) is 135 Å². The van der Waals surface area contributed by atoms with E-state index >= 15 is 0 Å². The van der Waals surface area contributed by atoms with Gasteiger partial charge in [0.05, 0.1) is 0 Å². The SMILES string of the molecule is CC/C=C\C/C=C\C/C=C\C/C=C\CCCCCCCCCCCCCCCCCCCCC(=O)OCC(COC(=O)CCCCCCC)OC(=O)CCCCCCC/C=C\C/C=C\CCCCC. The highest BCUT2D eigenvalue weighted by Gasteiger charge is 2.19. The standard InChI is InChI=1S/C63H110O6/c1-4-7-10-13-15-17-19-21-23-24-25-26-27-28-29-30-31-32-33-34-35-36-37-38-40-41-43-45-47-50-53-56-62(65)68-59-60(58-67-61(64)55-52-49-12-9-6-3)69-63(66)57-54-51-48-46-44-42-39-22-20-18-16-14-11-8-5-2/h7,10,15-18,21-23,25-26,39,60H,4-6,8-9,11-14,19-20,24,27-38,40-59H2,1-3H3/b10-7-,17-15-,18-16-,23-21-,26-25-,39-22-. The number of esters is 3. The van der Waals surface area contributed by atoms with Crippen LogP contribution in [0.4, 0.5) is 0 Å². The summed E-state index contributed by atoms with van der Waals surface area (Å²) in [4.78, 5) is 37.8. The van der Waals surface area contributed by atoms with Gasteiger partial charge in [-0.2, -0.15) is 0 Å². The first-order valence-corrected chi connectivity index (χ1v) is 29.4. The Hall–Kier alpha value is -3.15. The minimum atomic E-state index is -0.776. The third-order valence-corrected chi connectivity index (χ3v) is 12.7. The molecule has 0 aromatic heterocycles. The van der Waals surface area contributed by atoms with Gasteiger partial charge in [0.25, 0.3) is 0 Å². The van der Waals surface area contributed by atoms with Crippen molar-refractivity contribution in [1.82, 2.24) is 0 Å². The van der Waals surface area contributed by atoms with Crippen LogP contribution in [0.3, 0.4) is 0 Å². The maximum Gasteiger partial charge on any atom is 0.306 e. The van der Waals surface area contributed by atoms with E-state index in [0.717, 1.165) is 116 Å². The highest BCUT2D eigenvalue weighted by molar-refractivity contribution is 5.71. The second-order valence-electron chi connectivity index (χ2n) is 19.5. The molecule has 0 spiro atoms. The summed E-state index contributed by atoms with van der Waals surface area (Å²) in [7, 11) is 0. The third kappa shape index (κ3) is 55.6. The van der Waals surface area contributed by atoms with Crippen molar-refractivity contribution in [3.63, 3.8) is 0 Å². The van der Waals surface area contributed by atoms with Crippen LogP contribution in [0.1, 0.15) is 290 Å².